The molecule has 0 saturated heterocycles. The molecule has 0 heterocycles. The lowest BCUT2D eigenvalue weighted by molar-refractivity contribution is -0.141. The number of nitrogens with one attached hydrogen (secondary N) is 1. The van der Waals surface area contributed by atoms with Crippen molar-refractivity contribution < 1.29 is 22.7 Å². The molecule has 0 bridgehead atoms. The van der Waals surface area contributed by atoms with Gasteiger partial charge >= 0.3 is 5.97 Å². The van der Waals surface area contributed by atoms with E-state index in [1.54, 1.807) is 6.92 Å². The van der Waals surface area contributed by atoms with Gasteiger partial charge < -0.3 is 10.1 Å². The van der Waals surface area contributed by atoms with E-state index in [2.05, 4.69) is 10.1 Å². The smallest absolute Gasteiger partial charge is 0.307 e. The lowest BCUT2D eigenvalue weighted by Crippen LogP contribution is -2.25. The van der Waals surface area contributed by atoms with Gasteiger partial charge in [-0.15, -0.1) is 0 Å². The molecule has 6 heteroatoms. The summed E-state index contributed by atoms with van der Waals surface area (Å²) in [6.07, 6.45) is -0.160. The van der Waals surface area contributed by atoms with E-state index in [9.17, 15) is 18.0 Å². The molecule has 0 aliphatic carbocycles. The van der Waals surface area contributed by atoms with Crippen LogP contribution in [0.25, 0.3) is 0 Å². The molecule has 1 rings (SSSR count). The Labute approximate surface area is 103 Å². The molecule has 18 heavy (non-hydrogen) atoms. The average molecular weight is 261 g/mol. The fraction of sp³-hybridized carbons (Fsp3) is 0.417. The average Bonchev–Trinajstić information content (AvgIpc) is 2.33. The quantitative estimate of drug-likeness (QED) is 0.653. The van der Waals surface area contributed by atoms with E-state index >= 15 is 0 Å². The molecule has 0 fully saturated rings. The van der Waals surface area contributed by atoms with E-state index < -0.39 is 29.5 Å². The zero-order valence-corrected chi connectivity index (χ0v) is 10.1. The fourth-order valence-corrected chi connectivity index (χ4v) is 1.59. The maximum atomic E-state index is 13.6. The fourth-order valence-electron chi connectivity index (χ4n) is 1.59. The number of hydrogen-bond acceptors (Lipinski definition) is 3. The number of carbonyl (C=O) groups is 1. The van der Waals surface area contributed by atoms with Crippen molar-refractivity contribution in [2.45, 2.75) is 19.4 Å². The van der Waals surface area contributed by atoms with E-state index in [1.165, 1.54) is 7.11 Å². The summed E-state index contributed by atoms with van der Waals surface area (Å²) in [4.78, 5) is 11.2. The molecule has 0 radical (unpaired) electrons. The molecule has 0 aromatic heterocycles. The number of halogens is 3. The minimum atomic E-state index is -1.26. The Morgan fingerprint density at radius 2 is 1.89 bits per heavy atom. The minimum absolute atomic E-state index is 0.0962. The van der Waals surface area contributed by atoms with Crippen molar-refractivity contribution >= 4 is 5.97 Å². The van der Waals surface area contributed by atoms with E-state index in [0.29, 0.717) is 12.6 Å². The zero-order chi connectivity index (χ0) is 13.7. The molecule has 100 valence electrons. The molecule has 1 N–H and O–H groups in total. The van der Waals surface area contributed by atoms with Gasteiger partial charge in [0.05, 0.1) is 13.5 Å². The first-order chi connectivity index (χ1) is 8.49. The standard InChI is InChI=1S/C12H14F3NO2/c1-3-16-11(6-12(17)18-2)7-4-9(14)10(15)5-8(7)13/h4-5,11,16H,3,6H2,1-2H3. The van der Waals surface area contributed by atoms with Gasteiger partial charge in [0.25, 0.3) is 0 Å². The molecule has 1 aromatic carbocycles. The predicted molar refractivity (Wildman–Crippen MR) is 59.4 cm³/mol. The summed E-state index contributed by atoms with van der Waals surface area (Å²) in [6.45, 7) is 2.20. The van der Waals surface area contributed by atoms with Gasteiger partial charge in [-0.1, -0.05) is 6.92 Å². The normalized spacial score (nSPS) is 12.3. The highest BCUT2D eigenvalue weighted by Gasteiger charge is 2.21. The lowest BCUT2D eigenvalue weighted by Gasteiger charge is -2.18. The molecular formula is C12H14F3NO2. The van der Waals surface area contributed by atoms with Crippen LogP contribution < -0.4 is 5.32 Å². The zero-order valence-electron chi connectivity index (χ0n) is 10.1. The third-order valence-electron chi connectivity index (χ3n) is 2.46. The highest BCUT2D eigenvalue weighted by Crippen LogP contribution is 2.23. The Balaban J connectivity index is 3.05. The predicted octanol–water partition coefficient (Wildman–Crippen LogP) is 2.32. The van der Waals surface area contributed by atoms with Crippen LogP contribution in [0.3, 0.4) is 0 Å². The second kappa shape index (κ2) is 6.39. The van der Waals surface area contributed by atoms with Gasteiger partial charge in [-0.05, 0) is 12.6 Å². The van der Waals surface area contributed by atoms with Gasteiger partial charge in [0.1, 0.15) is 5.82 Å². The van der Waals surface area contributed by atoms with Crippen LogP contribution in [-0.2, 0) is 9.53 Å². The van der Waals surface area contributed by atoms with Crippen molar-refractivity contribution in [3.05, 3.63) is 35.1 Å². The van der Waals surface area contributed by atoms with Crippen molar-refractivity contribution in [3.8, 4) is 0 Å². The van der Waals surface area contributed by atoms with Crippen molar-refractivity contribution in [1.82, 2.24) is 5.32 Å². The van der Waals surface area contributed by atoms with Crippen molar-refractivity contribution in [3.63, 3.8) is 0 Å². The van der Waals surface area contributed by atoms with Gasteiger partial charge in [0, 0.05) is 17.7 Å². The number of carbonyl (C=O) groups excluding carboxylic acids is 1. The number of hydrogen-bond donors (Lipinski definition) is 1. The number of rotatable bonds is 5. The van der Waals surface area contributed by atoms with Crippen LogP contribution >= 0.6 is 0 Å². The summed E-state index contributed by atoms with van der Waals surface area (Å²) in [5.41, 5.74) is -0.0962. The Kier molecular flexibility index (Phi) is 5.15. The molecule has 3 nitrogen and oxygen atoms in total. The summed E-state index contributed by atoms with van der Waals surface area (Å²) >= 11 is 0. The van der Waals surface area contributed by atoms with E-state index in [4.69, 9.17) is 0 Å². The summed E-state index contributed by atoms with van der Waals surface area (Å²) in [6, 6.07) is 0.463. The molecule has 0 aliphatic heterocycles. The topological polar surface area (TPSA) is 38.3 Å². The first-order valence-electron chi connectivity index (χ1n) is 5.44. The molecular weight excluding hydrogens is 247 g/mol. The Bertz CT molecular complexity index is 438. The third-order valence-corrected chi connectivity index (χ3v) is 2.46. The van der Waals surface area contributed by atoms with Crippen LogP contribution in [0.4, 0.5) is 13.2 Å². The van der Waals surface area contributed by atoms with Crippen LogP contribution in [0.15, 0.2) is 12.1 Å². The number of esters is 1. The van der Waals surface area contributed by atoms with Crippen LogP contribution in [0.2, 0.25) is 0 Å². The van der Waals surface area contributed by atoms with Crippen molar-refractivity contribution in [1.29, 1.82) is 0 Å². The molecule has 0 aliphatic rings. The summed E-state index contributed by atoms with van der Waals surface area (Å²) in [5, 5.41) is 2.82. The van der Waals surface area contributed by atoms with Gasteiger partial charge in [-0.2, -0.15) is 0 Å². The minimum Gasteiger partial charge on any atom is -0.469 e. The molecule has 0 saturated carbocycles. The number of ether oxygens (including phenoxy) is 1. The third kappa shape index (κ3) is 3.46. The summed E-state index contributed by atoms with van der Waals surface area (Å²) in [5.74, 6) is -3.88. The Morgan fingerprint density at radius 3 is 2.44 bits per heavy atom. The van der Waals surface area contributed by atoms with Crippen LogP contribution in [0.5, 0.6) is 0 Å². The first-order valence-corrected chi connectivity index (χ1v) is 5.44. The molecule has 0 amide bonds. The maximum Gasteiger partial charge on any atom is 0.307 e. The molecule has 1 atom stereocenters. The van der Waals surface area contributed by atoms with Gasteiger partial charge in [-0.25, -0.2) is 13.2 Å². The maximum absolute atomic E-state index is 13.6. The number of benzene rings is 1. The van der Waals surface area contributed by atoms with Crippen molar-refractivity contribution in [2.75, 3.05) is 13.7 Å². The monoisotopic (exact) mass is 261 g/mol. The first kappa shape index (κ1) is 14.5. The van der Waals surface area contributed by atoms with E-state index in [1.807, 2.05) is 0 Å². The molecule has 1 unspecified atom stereocenters. The second-order valence-corrected chi connectivity index (χ2v) is 3.68. The summed E-state index contributed by atoms with van der Waals surface area (Å²) < 4.78 is 43.9. The highest BCUT2D eigenvalue weighted by atomic mass is 19.2. The molecule has 1 aromatic rings. The van der Waals surface area contributed by atoms with E-state index in [-0.39, 0.29) is 12.0 Å². The SMILES string of the molecule is CCNC(CC(=O)OC)c1cc(F)c(F)cc1F. The Morgan fingerprint density at radius 1 is 1.28 bits per heavy atom. The van der Waals surface area contributed by atoms with Crippen LogP contribution in [-0.4, -0.2) is 19.6 Å². The molecule has 0 spiro atoms. The highest BCUT2D eigenvalue weighted by molar-refractivity contribution is 5.70. The van der Waals surface area contributed by atoms with Crippen molar-refractivity contribution in [2.24, 2.45) is 0 Å². The Hall–Kier alpha value is -1.56. The number of methoxy groups -OCH3 is 1. The van der Waals surface area contributed by atoms with Gasteiger partial charge in [-0.3, -0.25) is 4.79 Å². The largest absolute Gasteiger partial charge is 0.469 e. The van der Waals surface area contributed by atoms with Gasteiger partial charge in [0.2, 0.25) is 0 Å². The lowest BCUT2D eigenvalue weighted by atomic mass is 10.0. The summed E-state index contributed by atoms with van der Waals surface area (Å²) in [7, 11) is 1.20. The second-order valence-electron chi connectivity index (χ2n) is 3.68. The van der Waals surface area contributed by atoms with Gasteiger partial charge in [0.15, 0.2) is 11.6 Å². The van der Waals surface area contributed by atoms with E-state index in [0.717, 1.165) is 6.07 Å². The van der Waals surface area contributed by atoms with Crippen LogP contribution in [0, 0.1) is 17.5 Å². The van der Waals surface area contributed by atoms with Crippen LogP contribution in [0.1, 0.15) is 24.9 Å².